The Morgan fingerprint density at radius 3 is 2.69 bits per heavy atom. The van der Waals surface area contributed by atoms with Crippen LogP contribution in [0, 0.1) is 13.8 Å². The first kappa shape index (κ1) is 16.2. The third-order valence-corrected chi connectivity index (χ3v) is 4.20. The van der Waals surface area contributed by atoms with Crippen molar-refractivity contribution in [3.05, 3.63) is 65.4 Å². The monoisotopic (exact) mass is 348 g/mol. The quantitative estimate of drug-likeness (QED) is 0.721. The first-order valence-electron chi connectivity index (χ1n) is 8.48. The number of nitrogens with zero attached hydrogens (tertiary/aromatic N) is 2. The molecule has 0 saturated carbocycles. The van der Waals surface area contributed by atoms with E-state index in [1.165, 1.54) is 11.1 Å². The number of benzene rings is 2. The van der Waals surface area contributed by atoms with Crippen LogP contribution in [0.2, 0.25) is 0 Å². The van der Waals surface area contributed by atoms with Gasteiger partial charge in [0.1, 0.15) is 5.82 Å². The number of ether oxygens (including phenoxy) is 2. The summed E-state index contributed by atoms with van der Waals surface area (Å²) in [4.78, 5) is 9.03. The van der Waals surface area contributed by atoms with Crippen LogP contribution in [0.5, 0.6) is 11.5 Å². The topological polar surface area (TPSA) is 68.3 Å². The van der Waals surface area contributed by atoms with Crippen molar-refractivity contribution in [3.8, 4) is 11.5 Å². The highest BCUT2D eigenvalue weighted by Gasteiger charge is 2.13. The molecule has 0 aliphatic carbocycles. The van der Waals surface area contributed by atoms with Crippen molar-refractivity contribution >= 4 is 17.5 Å². The summed E-state index contributed by atoms with van der Waals surface area (Å²) in [5.74, 6) is 2.81. The van der Waals surface area contributed by atoms with E-state index in [2.05, 4.69) is 39.7 Å². The highest BCUT2D eigenvalue weighted by molar-refractivity contribution is 5.62. The largest absolute Gasteiger partial charge is 0.454 e. The lowest BCUT2D eigenvalue weighted by Crippen LogP contribution is -2.07. The van der Waals surface area contributed by atoms with Gasteiger partial charge in [0.25, 0.3) is 0 Å². The van der Waals surface area contributed by atoms with Crippen LogP contribution < -0.4 is 20.1 Å². The van der Waals surface area contributed by atoms with Crippen molar-refractivity contribution in [2.24, 2.45) is 0 Å². The Kier molecular flexibility index (Phi) is 4.31. The van der Waals surface area contributed by atoms with E-state index in [1.807, 2.05) is 43.3 Å². The molecule has 0 spiro atoms. The third-order valence-electron chi connectivity index (χ3n) is 4.20. The minimum Gasteiger partial charge on any atom is -0.454 e. The molecule has 0 radical (unpaired) electrons. The number of aromatic nitrogens is 2. The molecule has 0 fully saturated rings. The summed E-state index contributed by atoms with van der Waals surface area (Å²) in [6.07, 6.45) is 0. The summed E-state index contributed by atoms with van der Waals surface area (Å²) in [5.41, 5.74) is 4.24. The second-order valence-corrected chi connectivity index (χ2v) is 6.19. The van der Waals surface area contributed by atoms with Crippen LogP contribution in [-0.2, 0) is 6.54 Å². The third kappa shape index (κ3) is 3.54. The van der Waals surface area contributed by atoms with E-state index in [1.54, 1.807) is 0 Å². The molecule has 0 unspecified atom stereocenters. The average Bonchev–Trinajstić information content (AvgIpc) is 3.08. The fourth-order valence-corrected chi connectivity index (χ4v) is 2.82. The molecule has 0 bridgehead atoms. The van der Waals surface area contributed by atoms with Gasteiger partial charge in [0.15, 0.2) is 11.5 Å². The smallest absolute Gasteiger partial charge is 0.231 e. The first-order valence-corrected chi connectivity index (χ1v) is 8.48. The van der Waals surface area contributed by atoms with Crippen molar-refractivity contribution in [1.29, 1.82) is 0 Å². The molecule has 0 amide bonds. The van der Waals surface area contributed by atoms with Crippen LogP contribution in [0.1, 0.15) is 16.8 Å². The lowest BCUT2D eigenvalue weighted by atomic mass is 10.1. The summed E-state index contributed by atoms with van der Waals surface area (Å²) in [7, 11) is 0. The summed E-state index contributed by atoms with van der Waals surface area (Å²) >= 11 is 0. The molecule has 0 saturated heterocycles. The van der Waals surface area contributed by atoms with Crippen LogP contribution in [0.15, 0.2) is 48.5 Å². The molecule has 6 heteroatoms. The Bertz CT molecular complexity index is 943. The van der Waals surface area contributed by atoms with Crippen molar-refractivity contribution in [3.63, 3.8) is 0 Å². The van der Waals surface area contributed by atoms with E-state index in [0.29, 0.717) is 12.5 Å². The van der Waals surface area contributed by atoms with Gasteiger partial charge in [-0.2, -0.15) is 4.98 Å². The number of aryl methyl sites for hydroxylation is 2. The standard InChI is InChI=1S/C20H20N4O2/c1-13-5-3-4-6-15(13)11-21-20-22-14(2)9-19(24-20)23-16-7-8-17-18(10-16)26-12-25-17/h3-10H,11-12H2,1-2H3,(H2,21,22,23,24). The van der Waals surface area contributed by atoms with E-state index in [4.69, 9.17) is 9.47 Å². The molecule has 26 heavy (non-hydrogen) atoms. The van der Waals surface area contributed by atoms with Crippen LogP contribution in [0.3, 0.4) is 0 Å². The molecule has 1 aliphatic rings. The van der Waals surface area contributed by atoms with E-state index in [-0.39, 0.29) is 6.79 Å². The van der Waals surface area contributed by atoms with Gasteiger partial charge in [-0.1, -0.05) is 24.3 Å². The van der Waals surface area contributed by atoms with E-state index in [9.17, 15) is 0 Å². The van der Waals surface area contributed by atoms with E-state index < -0.39 is 0 Å². The molecule has 2 N–H and O–H groups in total. The van der Waals surface area contributed by atoms with Gasteiger partial charge < -0.3 is 20.1 Å². The zero-order chi connectivity index (χ0) is 17.9. The minimum atomic E-state index is 0.262. The number of hydrogen-bond donors (Lipinski definition) is 2. The molecule has 6 nitrogen and oxygen atoms in total. The van der Waals surface area contributed by atoms with Crippen molar-refractivity contribution in [1.82, 2.24) is 9.97 Å². The minimum absolute atomic E-state index is 0.262. The van der Waals surface area contributed by atoms with E-state index >= 15 is 0 Å². The average molecular weight is 348 g/mol. The van der Waals surface area contributed by atoms with Crippen LogP contribution in [0.25, 0.3) is 0 Å². The molecule has 4 rings (SSSR count). The maximum absolute atomic E-state index is 5.42. The van der Waals surface area contributed by atoms with Crippen LogP contribution in [0.4, 0.5) is 17.5 Å². The van der Waals surface area contributed by atoms with Gasteiger partial charge in [-0.3, -0.25) is 0 Å². The Hall–Kier alpha value is -3.28. The number of fused-ring (bicyclic) bond motifs is 1. The van der Waals surface area contributed by atoms with Crippen LogP contribution in [-0.4, -0.2) is 16.8 Å². The maximum atomic E-state index is 5.42. The van der Waals surface area contributed by atoms with E-state index in [0.717, 1.165) is 28.7 Å². The molecule has 2 aromatic carbocycles. The highest BCUT2D eigenvalue weighted by atomic mass is 16.7. The lowest BCUT2D eigenvalue weighted by molar-refractivity contribution is 0.174. The fraction of sp³-hybridized carbons (Fsp3) is 0.200. The summed E-state index contributed by atoms with van der Waals surface area (Å²) < 4.78 is 10.8. The maximum Gasteiger partial charge on any atom is 0.231 e. The molecule has 1 aliphatic heterocycles. The van der Waals surface area contributed by atoms with Gasteiger partial charge >= 0.3 is 0 Å². The molecule has 132 valence electrons. The number of rotatable bonds is 5. The predicted octanol–water partition coefficient (Wildman–Crippen LogP) is 4.18. The van der Waals surface area contributed by atoms with Gasteiger partial charge in [-0.15, -0.1) is 0 Å². The highest BCUT2D eigenvalue weighted by Crippen LogP contribution is 2.35. The molecule has 3 aromatic rings. The van der Waals surface area contributed by atoms with Gasteiger partial charge in [-0.25, -0.2) is 4.98 Å². The summed E-state index contributed by atoms with van der Waals surface area (Å²) in [6, 6.07) is 15.9. The molecule has 0 atom stereocenters. The zero-order valence-electron chi connectivity index (χ0n) is 14.7. The SMILES string of the molecule is Cc1cc(Nc2ccc3c(c2)OCO3)nc(NCc2ccccc2C)n1. The molecular weight excluding hydrogens is 328 g/mol. The Labute approximate surface area is 152 Å². The normalized spacial score (nSPS) is 12.1. The molecule has 1 aromatic heterocycles. The Morgan fingerprint density at radius 2 is 1.81 bits per heavy atom. The van der Waals surface area contributed by atoms with Crippen LogP contribution >= 0.6 is 0 Å². The van der Waals surface area contributed by atoms with Gasteiger partial charge in [0.2, 0.25) is 12.7 Å². The van der Waals surface area contributed by atoms with Crippen molar-refractivity contribution in [2.45, 2.75) is 20.4 Å². The summed E-state index contributed by atoms with van der Waals surface area (Å²) in [5, 5.41) is 6.60. The number of hydrogen-bond acceptors (Lipinski definition) is 6. The molecule has 2 heterocycles. The second-order valence-electron chi connectivity index (χ2n) is 6.19. The van der Waals surface area contributed by atoms with Gasteiger partial charge in [0.05, 0.1) is 0 Å². The second kappa shape index (κ2) is 6.92. The lowest BCUT2D eigenvalue weighted by Gasteiger charge is -2.11. The van der Waals surface area contributed by atoms with Crippen molar-refractivity contribution < 1.29 is 9.47 Å². The predicted molar refractivity (Wildman–Crippen MR) is 101 cm³/mol. The Balaban J connectivity index is 1.50. The van der Waals surface area contributed by atoms with Crippen molar-refractivity contribution in [2.75, 3.05) is 17.4 Å². The number of nitrogens with one attached hydrogen (secondary N) is 2. The number of anilines is 3. The molecular formula is C20H20N4O2. The first-order chi connectivity index (χ1) is 12.7. The zero-order valence-corrected chi connectivity index (χ0v) is 14.7. The summed E-state index contributed by atoms with van der Waals surface area (Å²) in [6.45, 7) is 4.99. The fourth-order valence-electron chi connectivity index (χ4n) is 2.82. The Morgan fingerprint density at radius 1 is 0.962 bits per heavy atom. The van der Waals surface area contributed by atoms with Gasteiger partial charge in [-0.05, 0) is 37.1 Å². The van der Waals surface area contributed by atoms with Gasteiger partial charge in [0, 0.05) is 30.1 Å².